The maximum Gasteiger partial charge on any atom is 0.204 e. The van der Waals surface area contributed by atoms with Gasteiger partial charge in [-0.3, -0.25) is 4.79 Å². The van der Waals surface area contributed by atoms with Gasteiger partial charge in [-0.1, -0.05) is 0 Å². The average molecular weight is 327 g/mol. The third-order valence-electron chi connectivity index (χ3n) is 2.37. The van der Waals surface area contributed by atoms with E-state index in [1.165, 1.54) is 16.2 Å². The van der Waals surface area contributed by atoms with Gasteiger partial charge in [0.1, 0.15) is 0 Å². The number of benzene rings is 1. The van der Waals surface area contributed by atoms with Gasteiger partial charge in [0.25, 0.3) is 0 Å². The highest BCUT2D eigenvalue weighted by Crippen LogP contribution is 2.29. The van der Waals surface area contributed by atoms with Crippen LogP contribution in [-0.2, 0) is 0 Å². The van der Waals surface area contributed by atoms with Crippen molar-refractivity contribution in [1.29, 1.82) is 0 Å². The summed E-state index contributed by atoms with van der Waals surface area (Å²) in [5.41, 5.74) is 0.741. The Morgan fingerprint density at radius 2 is 1.94 bits per heavy atom. The molecule has 0 radical (unpaired) electrons. The summed E-state index contributed by atoms with van der Waals surface area (Å²) in [4.78, 5) is 15.3. The van der Waals surface area contributed by atoms with Crippen molar-refractivity contribution in [3.05, 3.63) is 50.1 Å². The first-order chi connectivity index (χ1) is 8.11. The van der Waals surface area contributed by atoms with Gasteiger partial charge in [0.15, 0.2) is 0 Å². The van der Waals surface area contributed by atoms with Crippen LogP contribution < -0.4 is 0 Å². The first-order valence-electron chi connectivity index (χ1n) is 5.06. The predicted molar refractivity (Wildman–Crippen MR) is 78.4 cm³/mol. The minimum absolute atomic E-state index is 0.0858. The maximum atomic E-state index is 12.3. The van der Waals surface area contributed by atoms with Gasteiger partial charge in [0.2, 0.25) is 5.78 Å². The Morgan fingerprint density at radius 1 is 1.29 bits per heavy atom. The normalized spacial score (nSPS) is 10.5. The minimum Gasteiger partial charge on any atom is -0.288 e. The Kier molecular flexibility index (Phi) is 4.07. The molecule has 2 aromatic rings. The molecule has 1 aromatic heterocycles. The van der Waals surface area contributed by atoms with Crippen LogP contribution in [0.3, 0.4) is 0 Å². The number of hydrogen-bond donors (Lipinski definition) is 0. The van der Waals surface area contributed by atoms with Crippen molar-refractivity contribution in [3.8, 4) is 0 Å². The molecule has 1 heterocycles. The van der Waals surface area contributed by atoms with E-state index in [0.29, 0.717) is 0 Å². The molecule has 0 fully saturated rings. The quantitative estimate of drug-likeness (QED) is 0.596. The van der Waals surface area contributed by atoms with Crippen LogP contribution in [0.25, 0.3) is 0 Å². The molecule has 4 heteroatoms. The highest BCUT2D eigenvalue weighted by atomic mass is 79.9. The summed E-state index contributed by atoms with van der Waals surface area (Å²) in [5, 5.41) is 0. The van der Waals surface area contributed by atoms with Crippen molar-refractivity contribution in [2.75, 3.05) is 6.26 Å². The molecule has 0 aliphatic rings. The van der Waals surface area contributed by atoms with Crippen LogP contribution in [0.1, 0.15) is 20.1 Å². The molecule has 0 atom stereocenters. The lowest BCUT2D eigenvalue weighted by Gasteiger charge is -2.00. The largest absolute Gasteiger partial charge is 0.288 e. The lowest BCUT2D eigenvalue weighted by molar-refractivity contribution is 0.104. The van der Waals surface area contributed by atoms with Crippen molar-refractivity contribution in [2.24, 2.45) is 0 Å². The summed E-state index contributed by atoms with van der Waals surface area (Å²) in [6, 6.07) is 9.71. The van der Waals surface area contributed by atoms with Crippen LogP contribution >= 0.6 is 39.0 Å². The van der Waals surface area contributed by atoms with Gasteiger partial charge in [-0.15, -0.1) is 23.1 Å². The second-order valence-electron chi connectivity index (χ2n) is 3.59. The topological polar surface area (TPSA) is 17.1 Å². The molecule has 0 unspecified atom stereocenters. The number of thioether (sulfide) groups is 1. The molecule has 1 nitrogen and oxygen atoms in total. The Labute approximate surface area is 117 Å². The standard InChI is InChI=1S/C13H11BrOS2/c1-8-7-11(14)13(17-8)12(15)9-3-5-10(16-2)6-4-9/h3-7H,1-2H3. The second-order valence-corrected chi connectivity index (χ2v) is 6.58. The monoisotopic (exact) mass is 326 g/mol. The molecule has 0 bridgehead atoms. The van der Waals surface area contributed by atoms with Crippen molar-refractivity contribution >= 4 is 44.8 Å². The van der Waals surface area contributed by atoms with Crippen LogP contribution in [0.4, 0.5) is 0 Å². The van der Waals surface area contributed by atoms with E-state index < -0.39 is 0 Å². The summed E-state index contributed by atoms with van der Waals surface area (Å²) >= 11 is 6.63. The van der Waals surface area contributed by atoms with E-state index in [1.54, 1.807) is 11.8 Å². The maximum absolute atomic E-state index is 12.3. The number of thiophene rings is 1. The molecule has 0 spiro atoms. The average Bonchev–Trinajstić information content (AvgIpc) is 2.68. The van der Waals surface area contributed by atoms with Gasteiger partial charge in [-0.25, -0.2) is 0 Å². The van der Waals surface area contributed by atoms with E-state index in [4.69, 9.17) is 0 Å². The summed E-state index contributed by atoms with van der Waals surface area (Å²) < 4.78 is 0.888. The first kappa shape index (κ1) is 12.9. The van der Waals surface area contributed by atoms with E-state index in [0.717, 1.165) is 19.8 Å². The summed E-state index contributed by atoms with van der Waals surface area (Å²) in [7, 11) is 0. The fourth-order valence-electron chi connectivity index (χ4n) is 1.51. The molecule has 88 valence electrons. The molecule has 17 heavy (non-hydrogen) atoms. The third kappa shape index (κ3) is 2.81. The van der Waals surface area contributed by atoms with Crippen LogP contribution in [0.15, 0.2) is 39.7 Å². The van der Waals surface area contributed by atoms with Gasteiger partial charge in [-0.2, -0.15) is 0 Å². The first-order valence-corrected chi connectivity index (χ1v) is 7.90. The van der Waals surface area contributed by atoms with Gasteiger partial charge in [0, 0.05) is 19.8 Å². The molecular weight excluding hydrogens is 316 g/mol. The highest BCUT2D eigenvalue weighted by Gasteiger charge is 2.15. The smallest absolute Gasteiger partial charge is 0.204 e. The van der Waals surface area contributed by atoms with Crippen molar-refractivity contribution in [2.45, 2.75) is 11.8 Å². The number of carbonyl (C=O) groups excluding carboxylic acids is 1. The molecule has 0 saturated heterocycles. The van der Waals surface area contributed by atoms with E-state index in [1.807, 2.05) is 43.5 Å². The van der Waals surface area contributed by atoms with Crippen LogP contribution in [0, 0.1) is 6.92 Å². The Morgan fingerprint density at radius 3 is 2.41 bits per heavy atom. The molecule has 0 saturated carbocycles. The predicted octanol–water partition coefficient (Wildman–Crippen LogP) is 4.77. The van der Waals surface area contributed by atoms with E-state index >= 15 is 0 Å². The number of rotatable bonds is 3. The Hall–Kier alpha value is -0.580. The number of ketones is 1. The SMILES string of the molecule is CSc1ccc(C(=O)c2sc(C)cc2Br)cc1. The van der Waals surface area contributed by atoms with Crippen molar-refractivity contribution < 1.29 is 4.79 Å². The molecule has 1 aromatic carbocycles. The van der Waals surface area contributed by atoms with E-state index in [9.17, 15) is 4.79 Å². The zero-order chi connectivity index (χ0) is 12.4. The fourth-order valence-corrected chi connectivity index (χ4v) is 3.70. The number of aryl methyl sites for hydroxylation is 1. The summed E-state index contributed by atoms with van der Waals surface area (Å²) in [6.07, 6.45) is 2.02. The molecule has 2 rings (SSSR count). The summed E-state index contributed by atoms with van der Waals surface area (Å²) in [5.74, 6) is 0.0858. The van der Waals surface area contributed by atoms with E-state index in [2.05, 4.69) is 15.9 Å². The number of carbonyl (C=O) groups is 1. The lowest BCUT2D eigenvalue weighted by Crippen LogP contribution is -1.98. The number of halogens is 1. The molecule has 0 N–H and O–H groups in total. The van der Waals surface area contributed by atoms with Crippen LogP contribution in [0.5, 0.6) is 0 Å². The number of hydrogen-bond acceptors (Lipinski definition) is 3. The van der Waals surface area contributed by atoms with Crippen molar-refractivity contribution in [1.82, 2.24) is 0 Å². The molecular formula is C13H11BrOS2. The third-order valence-corrected chi connectivity index (χ3v) is 5.05. The van der Waals surface area contributed by atoms with Gasteiger partial charge in [0.05, 0.1) is 4.88 Å². The van der Waals surface area contributed by atoms with Crippen molar-refractivity contribution in [3.63, 3.8) is 0 Å². The van der Waals surface area contributed by atoms with Crippen LogP contribution in [0.2, 0.25) is 0 Å². The summed E-state index contributed by atoms with van der Waals surface area (Å²) in [6.45, 7) is 2.00. The van der Waals surface area contributed by atoms with Gasteiger partial charge < -0.3 is 0 Å². The highest BCUT2D eigenvalue weighted by molar-refractivity contribution is 9.10. The lowest BCUT2D eigenvalue weighted by atomic mass is 10.1. The van der Waals surface area contributed by atoms with Gasteiger partial charge in [-0.05, 0) is 59.4 Å². The van der Waals surface area contributed by atoms with Crippen LogP contribution in [-0.4, -0.2) is 12.0 Å². The minimum atomic E-state index is 0.0858. The molecule has 0 amide bonds. The second kappa shape index (κ2) is 5.38. The zero-order valence-corrected chi connectivity index (χ0v) is 12.7. The Balaban J connectivity index is 2.33. The fraction of sp³-hybridized carbons (Fsp3) is 0.154. The van der Waals surface area contributed by atoms with Gasteiger partial charge >= 0.3 is 0 Å². The molecule has 0 aliphatic carbocycles. The zero-order valence-electron chi connectivity index (χ0n) is 9.49. The Bertz CT molecular complexity index is 543. The van der Waals surface area contributed by atoms with E-state index in [-0.39, 0.29) is 5.78 Å². The molecule has 0 aliphatic heterocycles.